The van der Waals surface area contributed by atoms with Gasteiger partial charge in [0.2, 0.25) is 0 Å². The highest BCUT2D eigenvalue weighted by atomic mass is 79.9. The van der Waals surface area contributed by atoms with E-state index in [1.807, 2.05) is 13.0 Å². The molecule has 1 aromatic carbocycles. The predicted molar refractivity (Wildman–Crippen MR) is 78.0 cm³/mol. The zero-order chi connectivity index (χ0) is 14.7. The molecule has 1 amide bonds. The Kier molecular flexibility index (Phi) is 4.14. The van der Waals surface area contributed by atoms with Crippen molar-refractivity contribution in [3.63, 3.8) is 0 Å². The maximum atomic E-state index is 12.2. The van der Waals surface area contributed by atoms with E-state index in [-0.39, 0.29) is 11.3 Å². The van der Waals surface area contributed by atoms with Crippen LogP contribution in [0, 0.1) is 6.92 Å². The minimum absolute atomic E-state index is 0.00266. The van der Waals surface area contributed by atoms with E-state index >= 15 is 0 Å². The molecule has 6 heteroatoms. The third-order valence-corrected chi connectivity index (χ3v) is 3.36. The van der Waals surface area contributed by atoms with Crippen LogP contribution >= 0.6 is 15.9 Å². The Hall–Kier alpha value is -2.21. The van der Waals surface area contributed by atoms with E-state index in [0.717, 1.165) is 5.56 Å². The van der Waals surface area contributed by atoms with E-state index in [9.17, 15) is 9.59 Å². The number of aryl methyl sites for hydroxylation is 1. The van der Waals surface area contributed by atoms with Gasteiger partial charge < -0.3 is 10.4 Å². The number of carboxylic acid groups (broad SMARTS) is 1. The lowest BCUT2D eigenvalue weighted by Crippen LogP contribution is -2.15. The molecule has 102 valence electrons. The number of amides is 1. The smallest absolute Gasteiger partial charge is 0.337 e. The Bertz CT molecular complexity index is 686. The number of benzene rings is 1. The first-order valence-corrected chi connectivity index (χ1v) is 6.53. The van der Waals surface area contributed by atoms with Crippen molar-refractivity contribution in [1.29, 1.82) is 0 Å². The van der Waals surface area contributed by atoms with E-state index < -0.39 is 11.9 Å². The SMILES string of the molecule is Cc1ccc(Br)c(C(=O)Nc2cnccc2C(=O)O)c1. The minimum Gasteiger partial charge on any atom is -0.478 e. The van der Waals surface area contributed by atoms with Crippen molar-refractivity contribution in [2.45, 2.75) is 6.92 Å². The number of hydrogen-bond donors (Lipinski definition) is 2. The highest BCUT2D eigenvalue weighted by Gasteiger charge is 2.15. The first-order valence-electron chi connectivity index (χ1n) is 5.74. The molecule has 0 aliphatic rings. The second-order valence-corrected chi connectivity index (χ2v) is 5.02. The summed E-state index contributed by atoms with van der Waals surface area (Å²) in [5.41, 5.74) is 1.53. The molecule has 2 aromatic rings. The van der Waals surface area contributed by atoms with Gasteiger partial charge >= 0.3 is 5.97 Å². The lowest BCUT2D eigenvalue weighted by atomic mass is 10.1. The third kappa shape index (κ3) is 3.03. The van der Waals surface area contributed by atoms with Crippen LogP contribution in [-0.2, 0) is 0 Å². The van der Waals surface area contributed by atoms with Gasteiger partial charge in [0.05, 0.1) is 23.0 Å². The Balaban J connectivity index is 2.33. The van der Waals surface area contributed by atoms with Gasteiger partial charge in [-0.25, -0.2) is 4.79 Å². The molecule has 0 unspecified atom stereocenters. The second-order valence-electron chi connectivity index (χ2n) is 4.16. The molecule has 0 saturated heterocycles. The Labute approximate surface area is 123 Å². The number of aromatic carboxylic acids is 1. The molecule has 0 aliphatic carbocycles. The molecule has 1 heterocycles. The van der Waals surface area contributed by atoms with Crippen molar-refractivity contribution >= 4 is 33.5 Å². The normalized spacial score (nSPS) is 10.1. The fraction of sp³-hybridized carbons (Fsp3) is 0.0714. The average Bonchev–Trinajstić information content (AvgIpc) is 2.41. The third-order valence-electron chi connectivity index (χ3n) is 2.67. The van der Waals surface area contributed by atoms with Crippen LogP contribution in [0.5, 0.6) is 0 Å². The van der Waals surface area contributed by atoms with Crippen molar-refractivity contribution in [3.05, 3.63) is 57.8 Å². The van der Waals surface area contributed by atoms with Crippen LogP contribution in [-0.4, -0.2) is 22.0 Å². The molecule has 0 atom stereocenters. The topological polar surface area (TPSA) is 79.3 Å². The lowest BCUT2D eigenvalue weighted by Gasteiger charge is -2.09. The second kappa shape index (κ2) is 5.83. The summed E-state index contributed by atoms with van der Waals surface area (Å²) in [7, 11) is 0. The first kappa shape index (κ1) is 14.2. The van der Waals surface area contributed by atoms with Crippen molar-refractivity contribution in [1.82, 2.24) is 4.98 Å². The predicted octanol–water partition coefficient (Wildman–Crippen LogP) is 3.10. The zero-order valence-corrected chi connectivity index (χ0v) is 12.1. The number of aromatic nitrogens is 1. The maximum absolute atomic E-state index is 12.2. The largest absolute Gasteiger partial charge is 0.478 e. The molecule has 1 aromatic heterocycles. The average molecular weight is 335 g/mol. The van der Waals surface area contributed by atoms with E-state index in [1.165, 1.54) is 18.5 Å². The van der Waals surface area contributed by atoms with Gasteiger partial charge in [-0.2, -0.15) is 0 Å². The number of nitrogens with zero attached hydrogens (tertiary/aromatic N) is 1. The Morgan fingerprint density at radius 1 is 1.25 bits per heavy atom. The number of pyridine rings is 1. The molecule has 0 bridgehead atoms. The molecule has 2 N–H and O–H groups in total. The van der Waals surface area contributed by atoms with E-state index in [2.05, 4.69) is 26.2 Å². The van der Waals surface area contributed by atoms with Crippen molar-refractivity contribution in [2.75, 3.05) is 5.32 Å². The number of hydrogen-bond acceptors (Lipinski definition) is 3. The fourth-order valence-corrected chi connectivity index (χ4v) is 2.11. The van der Waals surface area contributed by atoms with E-state index in [4.69, 9.17) is 5.11 Å². The van der Waals surface area contributed by atoms with Crippen LogP contribution in [0.3, 0.4) is 0 Å². The molecule has 0 saturated carbocycles. The van der Waals surface area contributed by atoms with Crippen molar-refractivity contribution in [2.24, 2.45) is 0 Å². The number of carboxylic acids is 1. The fourth-order valence-electron chi connectivity index (χ4n) is 1.68. The first-order chi connectivity index (χ1) is 9.49. The molecule has 0 fully saturated rings. The number of anilines is 1. The molecule has 2 rings (SSSR count). The molecular formula is C14H11BrN2O3. The summed E-state index contributed by atoms with van der Waals surface area (Å²) >= 11 is 3.30. The van der Waals surface area contributed by atoms with Gasteiger partial charge in [0.25, 0.3) is 5.91 Å². The van der Waals surface area contributed by atoms with Gasteiger partial charge in [-0.05, 0) is 41.1 Å². The number of carbonyl (C=O) groups excluding carboxylic acids is 1. The summed E-state index contributed by atoms with van der Waals surface area (Å²) in [6, 6.07) is 6.69. The minimum atomic E-state index is -1.12. The van der Waals surface area contributed by atoms with Crippen molar-refractivity contribution in [3.8, 4) is 0 Å². The molecular weight excluding hydrogens is 324 g/mol. The summed E-state index contributed by atoms with van der Waals surface area (Å²) in [5.74, 6) is -1.51. The number of nitrogens with one attached hydrogen (secondary N) is 1. The van der Waals surface area contributed by atoms with Gasteiger partial charge in [-0.3, -0.25) is 9.78 Å². The van der Waals surface area contributed by atoms with Crippen LogP contribution in [0.25, 0.3) is 0 Å². The summed E-state index contributed by atoms with van der Waals surface area (Å²) < 4.78 is 0.640. The van der Waals surface area contributed by atoms with Gasteiger partial charge in [-0.1, -0.05) is 11.6 Å². The summed E-state index contributed by atoms with van der Waals surface area (Å²) in [6.07, 6.45) is 2.67. The lowest BCUT2D eigenvalue weighted by molar-refractivity contribution is 0.0698. The van der Waals surface area contributed by atoms with Gasteiger partial charge in [0, 0.05) is 10.7 Å². The summed E-state index contributed by atoms with van der Waals surface area (Å²) in [5, 5.41) is 11.6. The molecule has 0 spiro atoms. The van der Waals surface area contributed by atoms with E-state index in [0.29, 0.717) is 10.0 Å². The van der Waals surface area contributed by atoms with Gasteiger partial charge in [0.15, 0.2) is 0 Å². The summed E-state index contributed by atoms with van der Waals surface area (Å²) in [4.78, 5) is 27.1. The highest BCUT2D eigenvalue weighted by Crippen LogP contribution is 2.21. The molecule has 20 heavy (non-hydrogen) atoms. The highest BCUT2D eigenvalue weighted by molar-refractivity contribution is 9.10. The van der Waals surface area contributed by atoms with Gasteiger partial charge in [0.1, 0.15) is 0 Å². The molecule has 0 radical (unpaired) electrons. The number of rotatable bonds is 3. The van der Waals surface area contributed by atoms with Crippen LogP contribution in [0.1, 0.15) is 26.3 Å². The van der Waals surface area contributed by atoms with Crippen LogP contribution in [0.4, 0.5) is 5.69 Å². The maximum Gasteiger partial charge on any atom is 0.337 e. The van der Waals surface area contributed by atoms with Gasteiger partial charge in [-0.15, -0.1) is 0 Å². The van der Waals surface area contributed by atoms with Crippen LogP contribution < -0.4 is 5.32 Å². The van der Waals surface area contributed by atoms with E-state index in [1.54, 1.807) is 12.1 Å². The standard InChI is InChI=1S/C14H11BrN2O3/c1-8-2-3-11(15)10(6-8)13(18)17-12-7-16-5-4-9(12)14(19)20/h2-7H,1H3,(H,17,18)(H,19,20). The monoisotopic (exact) mass is 334 g/mol. The zero-order valence-electron chi connectivity index (χ0n) is 10.6. The summed E-state index contributed by atoms with van der Waals surface area (Å²) in [6.45, 7) is 1.87. The van der Waals surface area contributed by atoms with Crippen LogP contribution in [0.15, 0.2) is 41.1 Å². The number of halogens is 1. The molecule has 5 nitrogen and oxygen atoms in total. The quantitative estimate of drug-likeness (QED) is 0.903. The van der Waals surface area contributed by atoms with Crippen molar-refractivity contribution < 1.29 is 14.7 Å². The Morgan fingerprint density at radius 2 is 2.00 bits per heavy atom. The Morgan fingerprint density at radius 3 is 2.70 bits per heavy atom. The van der Waals surface area contributed by atoms with Crippen LogP contribution in [0.2, 0.25) is 0 Å². The molecule has 0 aliphatic heterocycles. The number of carbonyl (C=O) groups is 2.